The molecule has 1 aromatic carbocycles. The Kier molecular flexibility index (Phi) is 2.17. The van der Waals surface area contributed by atoms with E-state index in [1.54, 1.807) is 0 Å². The summed E-state index contributed by atoms with van der Waals surface area (Å²) in [5.41, 5.74) is -1.37. The van der Waals surface area contributed by atoms with Crippen LogP contribution in [-0.2, 0) is 10.0 Å². The zero-order valence-electron chi connectivity index (χ0n) is 7.85. The van der Waals surface area contributed by atoms with Crippen LogP contribution in [0.25, 0.3) is 10.9 Å². The Morgan fingerprint density at radius 1 is 1.12 bits per heavy atom. The maximum atomic E-state index is 11.5. The number of nitrogens with two attached hydrogens (primary N) is 1. The first-order valence-electron chi connectivity index (χ1n) is 4.18. The normalized spacial score (nSPS) is 11.8. The highest BCUT2D eigenvalue weighted by molar-refractivity contribution is 7.89. The SMILES string of the molecule is NS(=O)(=O)c1cccc2[nH]c(=O)[nH]c(=O)c12. The van der Waals surface area contributed by atoms with E-state index in [-0.39, 0.29) is 15.8 Å². The van der Waals surface area contributed by atoms with E-state index < -0.39 is 21.3 Å². The van der Waals surface area contributed by atoms with Crippen LogP contribution in [0.2, 0.25) is 0 Å². The van der Waals surface area contributed by atoms with E-state index in [0.29, 0.717) is 0 Å². The minimum absolute atomic E-state index is 0.125. The summed E-state index contributed by atoms with van der Waals surface area (Å²) in [4.78, 5) is 26.4. The molecule has 0 aliphatic carbocycles. The van der Waals surface area contributed by atoms with Crippen molar-refractivity contribution in [2.45, 2.75) is 4.90 Å². The zero-order valence-corrected chi connectivity index (χ0v) is 8.67. The standard InChI is InChI=1S/C8H7N3O4S/c9-16(14,15)5-3-1-2-4-6(5)7(12)11-8(13)10-4/h1-3H,(H2,9,14,15)(H2,10,11,12,13). The highest BCUT2D eigenvalue weighted by atomic mass is 32.2. The van der Waals surface area contributed by atoms with Crippen molar-refractivity contribution in [3.05, 3.63) is 39.0 Å². The summed E-state index contributed by atoms with van der Waals surface area (Å²) in [6.45, 7) is 0. The number of H-pyrrole nitrogens is 2. The van der Waals surface area contributed by atoms with E-state index in [1.807, 2.05) is 4.98 Å². The van der Waals surface area contributed by atoms with Gasteiger partial charge in [-0.2, -0.15) is 0 Å². The molecule has 0 aliphatic rings. The molecule has 0 unspecified atom stereocenters. The summed E-state index contributed by atoms with van der Waals surface area (Å²) < 4.78 is 22.4. The van der Waals surface area contributed by atoms with Crippen molar-refractivity contribution in [2.75, 3.05) is 0 Å². The molecule has 84 valence electrons. The van der Waals surface area contributed by atoms with Gasteiger partial charge in [0.1, 0.15) is 0 Å². The second kappa shape index (κ2) is 3.29. The van der Waals surface area contributed by atoms with Gasteiger partial charge in [-0.25, -0.2) is 18.4 Å². The van der Waals surface area contributed by atoms with Gasteiger partial charge in [-0.1, -0.05) is 6.07 Å². The lowest BCUT2D eigenvalue weighted by Crippen LogP contribution is -2.24. The van der Waals surface area contributed by atoms with Crippen molar-refractivity contribution in [3.8, 4) is 0 Å². The molecule has 1 aromatic heterocycles. The Hall–Kier alpha value is -1.93. The number of sulfonamides is 1. The average Bonchev–Trinajstić information content (AvgIpc) is 2.14. The smallest absolute Gasteiger partial charge is 0.307 e. The van der Waals surface area contributed by atoms with E-state index in [2.05, 4.69) is 4.98 Å². The van der Waals surface area contributed by atoms with Crippen LogP contribution in [0.3, 0.4) is 0 Å². The quantitative estimate of drug-likeness (QED) is 0.583. The van der Waals surface area contributed by atoms with Crippen LogP contribution >= 0.6 is 0 Å². The van der Waals surface area contributed by atoms with E-state index >= 15 is 0 Å². The number of hydrogen-bond acceptors (Lipinski definition) is 4. The molecule has 0 bridgehead atoms. The molecule has 0 radical (unpaired) electrons. The van der Waals surface area contributed by atoms with Gasteiger partial charge >= 0.3 is 5.69 Å². The van der Waals surface area contributed by atoms with Gasteiger partial charge in [-0.3, -0.25) is 9.78 Å². The van der Waals surface area contributed by atoms with E-state index in [4.69, 9.17) is 5.14 Å². The molecule has 0 spiro atoms. The molecular formula is C8H7N3O4S. The summed E-state index contributed by atoms with van der Waals surface area (Å²) in [5, 5.41) is 4.81. The number of aromatic amines is 2. The van der Waals surface area contributed by atoms with Gasteiger partial charge in [0.05, 0.1) is 15.8 Å². The lowest BCUT2D eigenvalue weighted by molar-refractivity contribution is 0.598. The summed E-state index contributed by atoms with van der Waals surface area (Å²) in [6.07, 6.45) is 0. The molecule has 0 saturated carbocycles. The molecular weight excluding hydrogens is 234 g/mol. The van der Waals surface area contributed by atoms with Crippen molar-refractivity contribution in [3.63, 3.8) is 0 Å². The van der Waals surface area contributed by atoms with Gasteiger partial charge in [0.15, 0.2) is 0 Å². The third-order valence-corrected chi connectivity index (χ3v) is 2.99. The molecule has 8 heteroatoms. The zero-order chi connectivity index (χ0) is 11.9. The fourth-order valence-corrected chi connectivity index (χ4v) is 2.18. The van der Waals surface area contributed by atoms with Gasteiger partial charge in [-0.15, -0.1) is 0 Å². The molecule has 16 heavy (non-hydrogen) atoms. The second-order valence-electron chi connectivity index (χ2n) is 3.13. The first kappa shape index (κ1) is 10.6. The third kappa shape index (κ3) is 1.64. The van der Waals surface area contributed by atoms with E-state index in [0.717, 1.165) is 0 Å². The molecule has 7 nitrogen and oxygen atoms in total. The Morgan fingerprint density at radius 3 is 2.44 bits per heavy atom. The van der Waals surface area contributed by atoms with Crippen LogP contribution in [0, 0.1) is 0 Å². The fourth-order valence-electron chi connectivity index (χ4n) is 1.43. The van der Waals surface area contributed by atoms with Gasteiger partial charge < -0.3 is 4.98 Å². The molecule has 0 saturated heterocycles. The van der Waals surface area contributed by atoms with Crippen LogP contribution in [-0.4, -0.2) is 18.4 Å². The minimum Gasteiger partial charge on any atom is -0.307 e. The van der Waals surface area contributed by atoms with E-state index in [1.165, 1.54) is 18.2 Å². The molecule has 0 aliphatic heterocycles. The minimum atomic E-state index is -4.01. The van der Waals surface area contributed by atoms with Crippen LogP contribution in [0.4, 0.5) is 0 Å². The Labute approximate surface area is 89.0 Å². The number of nitrogens with one attached hydrogen (secondary N) is 2. The summed E-state index contributed by atoms with van der Waals surface area (Å²) in [6, 6.07) is 4.00. The number of primary sulfonamides is 1. The lowest BCUT2D eigenvalue weighted by atomic mass is 10.2. The predicted octanol–water partition coefficient (Wildman–Crippen LogP) is -1.14. The Morgan fingerprint density at radius 2 is 1.81 bits per heavy atom. The Bertz CT molecular complexity index is 772. The number of benzene rings is 1. The molecule has 2 rings (SSSR count). The molecule has 0 fully saturated rings. The maximum absolute atomic E-state index is 11.5. The van der Waals surface area contributed by atoms with Gasteiger partial charge in [0.25, 0.3) is 5.56 Å². The molecule has 1 heterocycles. The first-order valence-corrected chi connectivity index (χ1v) is 5.72. The van der Waals surface area contributed by atoms with Crippen LogP contribution in [0.1, 0.15) is 0 Å². The Balaban J connectivity index is 3.11. The van der Waals surface area contributed by atoms with Crippen molar-refractivity contribution in [2.24, 2.45) is 5.14 Å². The largest absolute Gasteiger partial charge is 0.326 e. The predicted molar refractivity (Wildman–Crippen MR) is 56.6 cm³/mol. The fraction of sp³-hybridized carbons (Fsp3) is 0. The average molecular weight is 241 g/mol. The van der Waals surface area contributed by atoms with Crippen LogP contribution < -0.4 is 16.4 Å². The monoisotopic (exact) mass is 241 g/mol. The summed E-state index contributed by atoms with van der Waals surface area (Å²) >= 11 is 0. The number of rotatable bonds is 1. The number of aromatic nitrogens is 2. The first-order chi connectivity index (χ1) is 7.39. The van der Waals surface area contributed by atoms with Gasteiger partial charge in [0.2, 0.25) is 10.0 Å². The van der Waals surface area contributed by atoms with Gasteiger partial charge in [0, 0.05) is 0 Å². The second-order valence-corrected chi connectivity index (χ2v) is 4.66. The highest BCUT2D eigenvalue weighted by Gasteiger charge is 2.15. The maximum Gasteiger partial charge on any atom is 0.326 e. The topological polar surface area (TPSA) is 126 Å². The van der Waals surface area contributed by atoms with Crippen molar-refractivity contribution in [1.29, 1.82) is 0 Å². The lowest BCUT2D eigenvalue weighted by Gasteiger charge is -2.02. The molecule has 4 N–H and O–H groups in total. The molecule has 2 aromatic rings. The number of fused-ring (bicyclic) bond motifs is 1. The van der Waals surface area contributed by atoms with Crippen molar-refractivity contribution in [1.82, 2.24) is 9.97 Å². The summed E-state index contributed by atoms with van der Waals surface area (Å²) in [7, 11) is -4.01. The molecule has 0 amide bonds. The van der Waals surface area contributed by atoms with Crippen LogP contribution in [0.5, 0.6) is 0 Å². The van der Waals surface area contributed by atoms with Crippen LogP contribution in [0.15, 0.2) is 32.7 Å². The van der Waals surface area contributed by atoms with Crippen molar-refractivity contribution < 1.29 is 8.42 Å². The van der Waals surface area contributed by atoms with Gasteiger partial charge in [-0.05, 0) is 12.1 Å². The highest BCUT2D eigenvalue weighted by Crippen LogP contribution is 2.15. The van der Waals surface area contributed by atoms with Crippen molar-refractivity contribution >= 4 is 20.9 Å². The van der Waals surface area contributed by atoms with E-state index in [9.17, 15) is 18.0 Å². The summed E-state index contributed by atoms with van der Waals surface area (Å²) in [5.74, 6) is 0. The third-order valence-electron chi connectivity index (χ3n) is 2.04. The molecule has 0 atom stereocenters. The number of hydrogen-bond donors (Lipinski definition) is 3.